The average Bonchev–Trinajstić information content (AvgIpc) is 2.97. The molecule has 3 N–H and O–H groups in total. The zero-order valence-electron chi connectivity index (χ0n) is 13.6. The van der Waals surface area contributed by atoms with Crippen molar-refractivity contribution >= 4 is 11.6 Å². The minimum Gasteiger partial charge on any atom is -0.396 e. The Hall–Kier alpha value is -2.37. The van der Waals surface area contributed by atoms with Crippen LogP contribution in [0.25, 0.3) is 0 Å². The van der Waals surface area contributed by atoms with Crippen LogP contribution in [0.5, 0.6) is 0 Å². The largest absolute Gasteiger partial charge is 0.396 e. The summed E-state index contributed by atoms with van der Waals surface area (Å²) in [6, 6.07) is 6.93. The summed E-state index contributed by atoms with van der Waals surface area (Å²) < 4.78 is 15.2. The standard InChI is InChI=1S/C17H23FN4O/c1-12(2)22-10-8-14(21-22)7-9-20-17(23)6-4-13-3-5-16(19)15(18)11-13/h3,5,8,10-12H,4,6-7,9,19H2,1-2H3,(H,20,23). The number of nitrogen functional groups attached to an aromatic ring is 1. The summed E-state index contributed by atoms with van der Waals surface area (Å²) >= 11 is 0. The van der Waals surface area contributed by atoms with Crippen molar-refractivity contribution in [2.75, 3.05) is 12.3 Å². The molecular weight excluding hydrogens is 295 g/mol. The topological polar surface area (TPSA) is 72.9 Å². The fourth-order valence-corrected chi connectivity index (χ4v) is 2.20. The molecule has 0 aliphatic heterocycles. The molecule has 2 rings (SSSR count). The summed E-state index contributed by atoms with van der Waals surface area (Å²) in [4.78, 5) is 11.8. The first kappa shape index (κ1) is 17.0. The number of hydrogen-bond donors (Lipinski definition) is 2. The number of benzene rings is 1. The first-order valence-corrected chi connectivity index (χ1v) is 7.80. The smallest absolute Gasteiger partial charge is 0.220 e. The Balaban J connectivity index is 1.71. The van der Waals surface area contributed by atoms with Crippen molar-refractivity contribution in [3.8, 4) is 0 Å². The number of rotatable bonds is 7. The van der Waals surface area contributed by atoms with Gasteiger partial charge in [-0.1, -0.05) is 6.07 Å². The monoisotopic (exact) mass is 318 g/mol. The molecule has 1 heterocycles. The van der Waals surface area contributed by atoms with Gasteiger partial charge in [-0.05, 0) is 44.0 Å². The highest BCUT2D eigenvalue weighted by molar-refractivity contribution is 5.76. The van der Waals surface area contributed by atoms with E-state index in [1.807, 2.05) is 16.9 Å². The van der Waals surface area contributed by atoms with E-state index in [0.29, 0.717) is 31.8 Å². The second-order valence-electron chi connectivity index (χ2n) is 5.84. The Labute approximate surface area is 135 Å². The molecule has 1 aromatic carbocycles. The van der Waals surface area contributed by atoms with Gasteiger partial charge in [0.2, 0.25) is 5.91 Å². The molecule has 23 heavy (non-hydrogen) atoms. The minimum atomic E-state index is -0.441. The van der Waals surface area contributed by atoms with E-state index in [1.165, 1.54) is 12.1 Å². The molecule has 0 fully saturated rings. The van der Waals surface area contributed by atoms with E-state index in [1.54, 1.807) is 6.07 Å². The summed E-state index contributed by atoms with van der Waals surface area (Å²) in [7, 11) is 0. The van der Waals surface area contributed by atoms with Gasteiger partial charge >= 0.3 is 0 Å². The van der Waals surface area contributed by atoms with Crippen LogP contribution >= 0.6 is 0 Å². The van der Waals surface area contributed by atoms with E-state index in [2.05, 4.69) is 24.3 Å². The summed E-state index contributed by atoms with van der Waals surface area (Å²) in [5.41, 5.74) is 7.27. The van der Waals surface area contributed by atoms with Crippen molar-refractivity contribution in [3.05, 3.63) is 47.5 Å². The van der Waals surface area contributed by atoms with Gasteiger partial charge < -0.3 is 11.1 Å². The number of aromatic nitrogens is 2. The Bertz CT molecular complexity index is 666. The Morgan fingerprint density at radius 2 is 2.13 bits per heavy atom. The quantitative estimate of drug-likeness (QED) is 0.770. The number of amides is 1. The lowest BCUT2D eigenvalue weighted by molar-refractivity contribution is -0.121. The molecule has 0 atom stereocenters. The molecule has 0 aliphatic rings. The van der Waals surface area contributed by atoms with E-state index in [0.717, 1.165) is 11.3 Å². The molecule has 0 saturated heterocycles. The highest BCUT2D eigenvalue weighted by Crippen LogP contribution is 2.13. The van der Waals surface area contributed by atoms with Crippen LogP contribution in [-0.2, 0) is 17.6 Å². The lowest BCUT2D eigenvalue weighted by atomic mass is 10.1. The molecule has 0 spiro atoms. The summed E-state index contributed by atoms with van der Waals surface area (Å²) in [5, 5.41) is 7.29. The Morgan fingerprint density at radius 3 is 2.78 bits per heavy atom. The molecule has 6 heteroatoms. The van der Waals surface area contributed by atoms with Crippen LogP contribution in [-0.4, -0.2) is 22.2 Å². The van der Waals surface area contributed by atoms with E-state index in [4.69, 9.17) is 5.73 Å². The number of nitrogens with zero attached hydrogens (tertiary/aromatic N) is 2. The van der Waals surface area contributed by atoms with Crippen LogP contribution in [0.15, 0.2) is 30.5 Å². The second-order valence-corrected chi connectivity index (χ2v) is 5.84. The molecule has 0 radical (unpaired) electrons. The van der Waals surface area contributed by atoms with Gasteiger partial charge in [0.1, 0.15) is 5.82 Å². The van der Waals surface area contributed by atoms with Crippen molar-refractivity contribution in [2.45, 2.75) is 39.2 Å². The lowest BCUT2D eigenvalue weighted by Gasteiger charge is -2.06. The molecule has 1 aromatic heterocycles. The molecule has 0 aliphatic carbocycles. The SMILES string of the molecule is CC(C)n1ccc(CCNC(=O)CCc2ccc(N)c(F)c2)n1. The fraction of sp³-hybridized carbons (Fsp3) is 0.412. The predicted octanol–water partition coefficient (Wildman–Crippen LogP) is 2.48. The number of nitrogens with one attached hydrogen (secondary N) is 1. The number of nitrogens with two attached hydrogens (primary N) is 1. The van der Waals surface area contributed by atoms with Gasteiger partial charge in [0.05, 0.1) is 11.4 Å². The molecule has 5 nitrogen and oxygen atoms in total. The van der Waals surface area contributed by atoms with Gasteiger partial charge in [0.25, 0.3) is 0 Å². The van der Waals surface area contributed by atoms with E-state index < -0.39 is 5.82 Å². The zero-order valence-corrected chi connectivity index (χ0v) is 13.6. The van der Waals surface area contributed by atoms with Crippen molar-refractivity contribution in [1.29, 1.82) is 0 Å². The van der Waals surface area contributed by atoms with Gasteiger partial charge in [-0.25, -0.2) is 4.39 Å². The van der Waals surface area contributed by atoms with Crippen molar-refractivity contribution in [1.82, 2.24) is 15.1 Å². The van der Waals surface area contributed by atoms with Gasteiger partial charge in [-0.3, -0.25) is 9.48 Å². The third-order valence-electron chi connectivity index (χ3n) is 3.60. The van der Waals surface area contributed by atoms with E-state index in [-0.39, 0.29) is 11.6 Å². The third kappa shape index (κ3) is 5.09. The van der Waals surface area contributed by atoms with Gasteiger partial charge in [0, 0.05) is 31.6 Å². The zero-order chi connectivity index (χ0) is 16.8. The van der Waals surface area contributed by atoms with Crippen LogP contribution in [0.4, 0.5) is 10.1 Å². The Kier molecular flexibility index (Phi) is 5.73. The second kappa shape index (κ2) is 7.76. The van der Waals surface area contributed by atoms with Crippen molar-refractivity contribution < 1.29 is 9.18 Å². The van der Waals surface area contributed by atoms with Crippen LogP contribution in [0.3, 0.4) is 0 Å². The number of carbonyl (C=O) groups excluding carboxylic acids is 1. The van der Waals surface area contributed by atoms with Gasteiger partial charge in [0.15, 0.2) is 0 Å². The van der Waals surface area contributed by atoms with Gasteiger partial charge in [-0.2, -0.15) is 5.10 Å². The highest BCUT2D eigenvalue weighted by atomic mass is 19.1. The average molecular weight is 318 g/mol. The molecule has 0 bridgehead atoms. The van der Waals surface area contributed by atoms with E-state index in [9.17, 15) is 9.18 Å². The summed E-state index contributed by atoms with van der Waals surface area (Å²) in [5.74, 6) is -0.492. The number of carbonyl (C=O) groups is 1. The van der Waals surface area contributed by atoms with Crippen molar-refractivity contribution in [3.63, 3.8) is 0 Å². The van der Waals surface area contributed by atoms with E-state index >= 15 is 0 Å². The number of anilines is 1. The fourth-order valence-electron chi connectivity index (χ4n) is 2.20. The van der Waals surface area contributed by atoms with Crippen LogP contribution in [0.2, 0.25) is 0 Å². The predicted molar refractivity (Wildman–Crippen MR) is 88.5 cm³/mol. The maximum absolute atomic E-state index is 13.3. The number of halogens is 1. The maximum Gasteiger partial charge on any atom is 0.220 e. The third-order valence-corrected chi connectivity index (χ3v) is 3.60. The summed E-state index contributed by atoms with van der Waals surface area (Å²) in [6.45, 7) is 4.68. The minimum absolute atomic E-state index is 0.0504. The Morgan fingerprint density at radius 1 is 1.35 bits per heavy atom. The lowest BCUT2D eigenvalue weighted by Crippen LogP contribution is -2.26. The van der Waals surface area contributed by atoms with Crippen LogP contribution in [0.1, 0.15) is 37.6 Å². The molecular formula is C17H23FN4O. The van der Waals surface area contributed by atoms with Crippen molar-refractivity contribution in [2.24, 2.45) is 0 Å². The number of hydrogen-bond acceptors (Lipinski definition) is 3. The molecule has 1 amide bonds. The molecule has 124 valence electrons. The first-order chi connectivity index (χ1) is 11.0. The molecule has 0 unspecified atom stereocenters. The first-order valence-electron chi connectivity index (χ1n) is 7.80. The molecule has 2 aromatic rings. The molecule has 0 saturated carbocycles. The summed E-state index contributed by atoms with van der Waals surface area (Å²) in [6.07, 6.45) is 3.45. The highest BCUT2D eigenvalue weighted by Gasteiger charge is 2.06. The normalized spacial score (nSPS) is 11.0. The van der Waals surface area contributed by atoms with Crippen LogP contribution < -0.4 is 11.1 Å². The van der Waals surface area contributed by atoms with Crippen LogP contribution in [0, 0.1) is 5.82 Å². The number of aryl methyl sites for hydroxylation is 1. The maximum atomic E-state index is 13.3. The van der Waals surface area contributed by atoms with Gasteiger partial charge in [-0.15, -0.1) is 0 Å².